The van der Waals surface area contributed by atoms with Gasteiger partial charge in [-0.15, -0.1) is 13.2 Å². The lowest BCUT2D eigenvalue weighted by atomic mass is 10.3. The van der Waals surface area contributed by atoms with Crippen molar-refractivity contribution in [1.82, 2.24) is 0 Å². The first-order valence-electron chi connectivity index (χ1n) is 4.45. The number of hydrogen-bond donors (Lipinski definition) is 1. The summed E-state index contributed by atoms with van der Waals surface area (Å²) in [4.78, 5) is 0. The van der Waals surface area contributed by atoms with Crippen molar-refractivity contribution < 1.29 is 17.9 Å². The second-order valence-electron chi connectivity index (χ2n) is 2.84. The largest absolute Gasteiger partial charge is 0.573 e. The predicted octanol–water partition coefficient (Wildman–Crippen LogP) is 2.40. The first-order valence-corrected chi connectivity index (χ1v) is 4.45. The third-order valence-electron chi connectivity index (χ3n) is 1.61. The van der Waals surface area contributed by atoms with Gasteiger partial charge >= 0.3 is 6.36 Å². The van der Waals surface area contributed by atoms with E-state index in [4.69, 9.17) is 10.5 Å². The van der Waals surface area contributed by atoms with Gasteiger partial charge in [0.15, 0.2) is 5.75 Å². The molecule has 0 heterocycles. The van der Waals surface area contributed by atoms with Gasteiger partial charge in [0.2, 0.25) is 5.71 Å². The van der Waals surface area contributed by atoms with Crippen molar-refractivity contribution in [3.63, 3.8) is 0 Å². The van der Waals surface area contributed by atoms with Crippen LogP contribution in [0.2, 0.25) is 0 Å². The Balaban J connectivity index is 2.94. The van der Waals surface area contributed by atoms with Crippen LogP contribution in [0.1, 0.15) is 0 Å². The number of anilines is 1. The molecule has 0 saturated heterocycles. The Bertz CT molecular complexity index is 523. The zero-order valence-electron chi connectivity index (χ0n) is 8.69. The Morgan fingerprint density at radius 3 is 2.39 bits per heavy atom. The smallest absolute Gasteiger partial charge is 0.404 e. The van der Waals surface area contributed by atoms with E-state index < -0.39 is 17.8 Å². The molecule has 1 aromatic carbocycles. The zero-order valence-corrected chi connectivity index (χ0v) is 8.69. The summed E-state index contributed by atoms with van der Waals surface area (Å²) in [5.41, 5.74) is 1.53. The van der Waals surface area contributed by atoms with Gasteiger partial charge in [-0.1, -0.05) is 12.1 Å². The number of nitrogens with zero attached hydrogens (tertiary/aromatic N) is 3. The summed E-state index contributed by atoms with van der Waals surface area (Å²) >= 11 is 0. The molecule has 1 aromatic rings. The summed E-state index contributed by atoms with van der Waals surface area (Å²) in [7, 11) is 0. The van der Waals surface area contributed by atoms with Gasteiger partial charge in [0, 0.05) is 0 Å². The number of hydrazone groups is 1. The van der Waals surface area contributed by atoms with Gasteiger partial charge in [0.25, 0.3) is 0 Å². The highest BCUT2D eigenvalue weighted by Crippen LogP contribution is 2.29. The first-order chi connectivity index (χ1) is 8.46. The second-order valence-corrected chi connectivity index (χ2v) is 2.84. The lowest BCUT2D eigenvalue weighted by molar-refractivity contribution is -0.274. The molecular formula is C10H5F3N4O. The highest BCUT2D eigenvalue weighted by atomic mass is 19.4. The van der Waals surface area contributed by atoms with E-state index in [0.29, 0.717) is 0 Å². The molecule has 1 rings (SSSR count). The predicted molar refractivity (Wildman–Crippen MR) is 55.4 cm³/mol. The minimum absolute atomic E-state index is 0.113. The van der Waals surface area contributed by atoms with Crippen molar-refractivity contribution in [3.8, 4) is 17.9 Å². The van der Waals surface area contributed by atoms with Crippen LogP contribution in [0, 0.1) is 22.7 Å². The molecule has 5 nitrogen and oxygen atoms in total. The molecule has 0 atom stereocenters. The van der Waals surface area contributed by atoms with Crippen LogP contribution in [0.25, 0.3) is 0 Å². The molecule has 18 heavy (non-hydrogen) atoms. The van der Waals surface area contributed by atoms with Gasteiger partial charge in [0.1, 0.15) is 12.1 Å². The Labute approximate surface area is 99.7 Å². The maximum Gasteiger partial charge on any atom is 0.573 e. The van der Waals surface area contributed by atoms with Gasteiger partial charge < -0.3 is 4.74 Å². The first kappa shape index (κ1) is 13.3. The molecule has 0 aliphatic heterocycles. The van der Waals surface area contributed by atoms with Crippen LogP contribution < -0.4 is 10.2 Å². The van der Waals surface area contributed by atoms with Crippen LogP contribution in [0.3, 0.4) is 0 Å². The minimum Gasteiger partial charge on any atom is -0.404 e. The van der Waals surface area contributed by atoms with E-state index in [1.54, 1.807) is 0 Å². The van der Waals surface area contributed by atoms with E-state index in [-0.39, 0.29) is 5.69 Å². The average Bonchev–Trinajstić information content (AvgIpc) is 2.30. The van der Waals surface area contributed by atoms with Gasteiger partial charge in [-0.05, 0) is 12.1 Å². The summed E-state index contributed by atoms with van der Waals surface area (Å²) in [6.45, 7) is 0. The molecule has 0 fully saturated rings. The molecule has 0 radical (unpaired) electrons. The van der Waals surface area contributed by atoms with Crippen LogP contribution in [-0.2, 0) is 0 Å². The molecule has 0 bridgehead atoms. The van der Waals surface area contributed by atoms with Crippen LogP contribution in [0.5, 0.6) is 5.75 Å². The van der Waals surface area contributed by atoms with Crippen molar-refractivity contribution in [2.45, 2.75) is 6.36 Å². The van der Waals surface area contributed by atoms with Gasteiger partial charge in [-0.3, -0.25) is 5.43 Å². The Morgan fingerprint density at radius 2 is 1.83 bits per heavy atom. The maximum atomic E-state index is 12.1. The molecule has 0 aromatic heterocycles. The molecule has 0 unspecified atom stereocenters. The number of rotatable bonds is 3. The molecule has 0 saturated carbocycles. The van der Waals surface area contributed by atoms with Gasteiger partial charge in [0.05, 0.1) is 5.69 Å². The monoisotopic (exact) mass is 254 g/mol. The third kappa shape index (κ3) is 4.02. The van der Waals surface area contributed by atoms with E-state index in [0.717, 1.165) is 6.07 Å². The fraction of sp³-hybridized carbons (Fsp3) is 0.100. The number of halogens is 3. The number of nitrogens with one attached hydrogen (secondary N) is 1. The summed E-state index contributed by atoms with van der Waals surface area (Å²) in [5.74, 6) is -0.510. The fourth-order valence-electron chi connectivity index (χ4n) is 0.964. The summed E-state index contributed by atoms with van der Waals surface area (Å²) in [6, 6.07) is 8.02. The molecule has 0 aliphatic carbocycles. The summed E-state index contributed by atoms with van der Waals surface area (Å²) < 4.78 is 39.9. The minimum atomic E-state index is -4.84. The van der Waals surface area contributed by atoms with E-state index in [2.05, 4.69) is 15.3 Å². The van der Waals surface area contributed by atoms with Crippen LogP contribution in [-0.4, -0.2) is 12.1 Å². The quantitative estimate of drug-likeness (QED) is 0.663. The number of benzene rings is 1. The molecule has 0 spiro atoms. The van der Waals surface area contributed by atoms with E-state index in [1.807, 2.05) is 0 Å². The highest BCUT2D eigenvalue weighted by molar-refractivity contribution is 6.10. The Morgan fingerprint density at radius 1 is 1.22 bits per heavy atom. The van der Waals surface area contributed by atoms with Crippen molar-refractivity contribution >= 4 is 11.4 Å². The highest BCUT2D eigenvalue weighted by Gasteiger charge is 2.32. The van der Waals surface area contributed by atoms with Crippen LogP contribution in [0.15, 0.2) is 29.4 Å². The summed E-state index contributed by atoms with van der Waals surface area (Å²) in [5, 5.41) is 20.1. The number of ether oxygens (including phenoxy) is 1. The fourth-order valence-corrected chi connectivity index (χ4v) is 0.964. The second kappa shape index (κ2) is 5.55. The van der Waals surface area contributed by atoms with Gasteiger partial charge in [-0.2, -0.15) is 15.6 Å². The maximum absolute atomic E-state index is 12.1. The third-order valence-corrected chi connectivity index (χ3v) is 1.61. The van der Waals surface area contributed by atoms with Crippen molar-refractivity contribution in [2.24, 2.45) is 5.10 Å². The van der Waals surface area contributed by atoms with Crippen LogP contribution in [0.4, 0.5) is 18.9 Å². The molecule has 0 amide bonds. The zero-order chi connectivity index (χ0) is 13.6. The number of alkyl halides is 3. The standard InChI is InChI=1S/C10H5F3N4O/c11-10(12,13)18-9-4-2-1-3-8(9)17-16-7(5-14)6-15/h1-4,17H. The normalized spacial score (nSPS) is 9.83. The summed E-state index contributed by atoms with van der Waals surface area (Å²) in [6.07, 6.45) is -4.84. The van der Waals surface area contributed by atoms with E-state index >= 15 is 0 Å². The molecule has 8 heteroatoms. The lowest BCUT2D eigenvalue weighted by Crippen LogP contribution is -2.17. The lowest BCUT2D eigenvalue weighted by Gasteiger charge is -2.12. The SMILES string of the molecule is N#CC(C#N)=NNc1ccccc1OC(F)(F)F. The van der Waals surface area contributed by atoms with E-state index in [1.165, 1.54) is 30.3 Å². The van der Waals surface area contributed by atoms with Crippen molar-refractivity contribution in [3.05, 3.63) is 24.3 Å². The molecule has 0 aliphatic rings. The number of hydrogen-bond acceptors (Lipinski definition) is 5. The van der Waals surface area contributed by atoms with E-state index in [9.17, 15) is 13.2 Å². The Hall–Kier alpha value is -2.74. The Kier molecular flexibility index (Phi) is 4.11. The van der Waals surface area contributed by atoms with Gasteiger partial charge in [-0.25, -0.2) is 0 Å². The van der Waals surface area contributed by atoms with Crippen molar-refractivity contribution in [2.75, 3.05) is 5.43 Å². The average molecular weight is 254 g/mol. The molecule has 92 valence electrons. The molecule has 1 N–H and O–H groups in total. The van der Waals surface area contributed by atoms with Crippen molar-refractivity contribution in [1.29, 1.82) is 10.5 Å². The number of para-hydroxylation sites is 2. The number of nitriles is 2. The molecular weight excluding hydrogens is 249 g/mol. The van der Waals surface area contributed by atoms with Crippen LogP contribution >= 0.6 is 0 Å². The topological polar surface area (TPSA) is 81.2 Å².